The van der Waals surface area contributed by atoms with E-state index >= 15 is 0 Å². The summed E-state index contributed by atoms with van der Waals surface area (Å²) in [5.74, 6) is -1.13. The number of hydrogen-bond donors (Lipinski definition) is 4. The molecule has 312 valence electrons. The van der Waals surface area contributed by atoms with E-state index in [4.69, 9.17) is 24.3 Å². The summed E-state index contributed by atoms with van der Waals surface area (Å²) < 4.78 is 32.5. The minimum Gasteiger partial charge on any atom is -0.462 e. The van der Waals surface area contributed by atoms with Crippen molar-refractivity contribution in [1.82, 2.24) is 0 Å². The van der Waals surface area contributed by atoms with Gasteiger partial charge in [0.05, 0.1) is 25.4 Å². The van der Waals surface area contributed by atoms with Crippen molar-refractivity contribution in [3.05, 3.63) is 97.2 Å². The molecule has 0 heterocycles. The Hall–Kier alpha value is -3.15. The molecule has 11 nitrogen and oxygen atoms in total. The lowest BCUT2D eigenvalue weighted by Crippen LogP contribution is -2.29. The number of allylic oxidation sites excluding steroid dienone is 13. The van der Waals surface area contributed by atoms with Gasteiger partial charge in [-0.05, 0) is 77.0 Å². The molecule has 0 aliphatic carbocycles. The van der Waals surface area contributed by atoms with Crippen LogP contribution in [0.4, 0.5) is 0 Å². The first-order valence-corrected chi connectivity index (χ1v) is 21.4. The van der Waals surface area contributed by atoms with Gasteiger partial charge in [-0.1, -0.05) is 124 Å². The molecule has 0 bridgehead atoms. The number of carbonyl (C=O) groups is 2. The summed E-state index contributed by atoms with van der Waals surface area (Å²) in [5, 5.41) is 20.3. The fraction of sp³-hybridized carbons (Fsp3) is 0.581. The van der Waals surface area contributed by atoms with Crippen LogP contribution in [0.15, 0.2) is 97.2 Å². The van der Waals surface area contributed by atoms with Gasteiger partial charge >= 0.3 is 19.8 Å². The molecule has 12 heteroatoms. The predicted molar refractivity (Wildman–Crippen MR) is 222 cm³/mol. The summed E-state index contributed by atoms with van der Waals surface area (Å²) in [6, 6.07) is 0. The zero-order valence-electron chi connectivity index (χ0n) is 33.3. The average molecular weight is 792 g/mol. The molecule has 0 aliphatic heterocycles. The molecule has 0 saturated carbocycles. The Morgan fingerprint density at radius 2 is 1.25 bits per heavy atom. The zero-order chi connectivity index (χ0) is 40.7. The van der Waals surface area contributed by atoms with E-state index in [-0.39, 0.29) is 39.0 Å². The van der Waals surface area contributed by atoms with Crippen LogP contribution < -0.4 is 5.73 Å². The first-order valence-electron chi connectivity index (χ1n) is 19.9. The van der Waals surface area contributed by atoms with Gasteiger partial charge in [-0.15, -0.1) is 0 Å². The topological polar surface area (TPSA) is 175 Å². The number of carbonyl (C=O) groups excluding carboxylic acids is 2. The van der Waals surface area contributed by atoms with Crippen molar-refractivity contribution >= 4 is 19.8 Å². The van der Waals surface area contributed by atoms with Gasteiger partial charge in [-0.2, -0.15) is 0 Å². The fourth-order valence-electron chi connectivity index (χ4n) is 4.64. The Labute approximate surface area is 331 Å². The summed E-state index contributed by atoms with van der Waals surface area (Å²) in [5.41, 5.74) is 5.32. The van der Waals surface area contributed by atoms with Crippen molar-refractivity contribution in [2.45, 2.75) is 135 Å². The number of aliphatic hydroxyl groups is 2. The summed E-state index contributed by atoms with van der Waals surface area (Å²) in [6.45, 7) is 3.18. The van der Waals surface area contributed by atoms with Crippen molar-refractivity contribution in [1.29, 1.82) is 0 Å². The van der Waals surface area contributed by atoms with E-state index in [1.54, 1.807) is 36.5 Å². The third kappa shape index (κ3) is 37.5. The van der Waals surface area contributed by atoms with Crippen LogP contribution in [0.1, 0.15) is 117 Å². The highest BCUT2D eigenvalue weighted by molar-refractivity contribution is 7.47. The zero-order valence-corrected chi connectivity index (χ0v) is 34.2. The van der Waals surface area contributed by atoms with Crippen LogP contribution in [0, 0.1) is 0 Å². The Balaban J connectivity index is 4.58. The lowest BCUT2D eigenvalue weighted by atomic mass is 10.1. The molecular weight excluding hydrogens is 721 g/mol. The molecule has 4 atom stereocenters. The lowest BCUT2D eigenvalue weighted by molar-refractivity contribution is -0.161. The second-order valence-electron chi connectivity index (χ2n) is 12.8. The van der Waals surface area contributed by atoms with E-state index in [0.717, 1.165) is 51.4 Å². The maximum atomic E-state index is 12.6. The molecule has 0 amide bonds. The standard InChI is InChI=1S/C43H70NO10P/c1-3-5-7-9-11-12-13-14-15-16-17-18-19-21-27-33-42(47)51-37-41(38-53-55(49,50)52-36-35-44)54-43(48)34-28-32-40(46)31-26-23-22-25-30-39(45)29-24-20-10-8-6-4-2/h5,7,11-12,14-15,17-18,20,22-26,30-31,39-41,45-46H,3-4,6,8-10,13,16,19,21,27-29,32-38,44H2,1-2H3,(H,49,50)/b7-5-,12-11-,15-14-,18-17-,23-22+,24-20-,30-25+,31-26-/t39-,40-,41+/m0/s1. The highest BCUT2D eigenvalue weighted by atomic mass is 31.2. The molecule has 0 aromatic carbocycles. The molecule has 55 heavy (non-hydrogen) atoms. The Morgan fingerprint density at radius 3 is 1.89 bits per heavy atom. The molecule has 0 fully saturated rings. The van der Waals surface area contributed by atoms with Crippen molar-refractivity contribution in [2.75, 3.05) is 26.4 Å². The number of rotatable bonds is 35. The van der Waals surface area contributed by atoms with E-state index in [2.05, 4.69) is 68.5 Å². The number of ether oxygens (including phenoxy) is 2. The van der Waals surface area contributed by atoms with Gasteiger partial charge in [0.2, 0.25) is 0 Å². The quantitative estimate of drug-likeness (QED) is 0.0159. The van der Waals surface area contributed by atoms with Crippen molar-refractivity contribution < 1.29 is 47.8 Å². The number of unbranched alkanes of at least 4 members (excludes halogenated alkanes) is 5. The highest BCUT2D eigenvalue weighted by Crippen LogP contribution is 2.43. The molecule has 0 rings (SSSR count). The van der Waals surface area contributed by atoms with Gasteiger partial charge in [-0.3, -0.25) is 18.6 Å². The van der Waals surface area contributed by atoms with E-state index in [9.17, 15) is 29.3 Å². The SMILES string of the molecule is CC/C=C\C/C=C\C/C=C\C/C=C\CCCCC(=O)OC[C@H](COP(=O)(O)OCCN)OC(=O)CCC[C@@H](O)\C=C/C=C/C=C/[C@@H](O)C/C=C\CCCCC. The molecule has 1 unspecified atom stereocenters. The van der Waals surface area contributed by atoms with E-state index < -0.39 is 44.7 Å². The maximum absolute atomic E-state index is 12.6. The molecular formula is C43H70NO10P. The third-order valence-corrected chi connectivity index (χ3v) is 8.63. The number of esters is 2. The number of phosphoric ester groups is 1. The van der Waals surface area contributed by atoms with Gasteiger partial charge in [0.15, 0.2) is 6.10 Å². The first kappa shape index (κ1) is 51.9. The smallest absolute Gasteiger partial charge is 0.462 e. The third-order valence-electron chi connectivity index (χ3n) is 7.64. The van der Waals surface area contributed by atoms with Crippen LogP contribution in [0.5, 0.6) is 0 Å². The van der Waals surface area contributed by atoms with Crippen LogP contribution in [0.2, 0.25) is 0 Å². The van der Waals surface area contributed by atoms with Crippen LogP contribution >= 0.6 is 7.82 Å². The Morgan fingerprint density at radius 1 is 0.673 bits per heavy atom. The molecule has 5 N–H and O–H groups in total. The van der Waals surface area contributed by atoms with Gasteiger partial charge < -0.3 is 30.3 Å². The molecule has 0 saturated heterocycles. The van der Waals surface area contributed by atoms with Crippen LogP contribution in [-0.4, -0.2) is 71.7 Å². The normalized spacial score (nSPS) is 15.5. The number of phosphoric acid groups is 1. The molecule has 0 aromatic heterocycles. The summed E-state index contributed by atoms with van der Waals surface area (Å²) in [4.78, 5) is 34.8. The van der Waals surface area contributed by atoms with Gasteiger partial charge in [0, 0.05) is 19.4 Å². The monoisotopic (exact) mass is 791 g/mol. The Bertz CT molecular complexity index is 1250. The summed E-state index contributed by atoms with van der Waals surface area (Å²) >= 11 is 0. The number of nitrogens with two attached hydrogens (primary N) is 1. The van der Waals surface area contributed by atoms with Crippen molar-refractivity contribution in [2.24, 2.45) is 5.73 Å². The molecule has 0 spiro atoms. The second kappa shape index (κ2) is 37.8. The fourth-order valence-corrected chi connectivity index (χ4v) is 5.41. The summed E-state index contributed by atoms with van der Waals surface area (Å²) in [6.07, 6.45) is 40.7. The van der Waals surface area contributed by atoms with Gasteiger partial charge in [-0.25, -0.2) is 4.57 Å². The van der Waals surface area contributed by atoms with Gasteiger partial charge in [0.25, 0.3) is 0 Å². The van der Waals surface area contributed by atoms with Crippen LogP contribution in [-0.2, 0) is 32.7 Å². The highest BCUT2D eigenvalue weighted by Gasteiger charge is 2.26. The summed E-state index contributed by atoms with van der Waals surface area (Å²) in [7, 11) is -4.46. The molecule has 0 aromatic rings. The first-order chi connectivity index (χ1) is 26.6. The number of aliphatic hydroxyl groups excluding tert-OH is 2. The minimum absolute atomic E-state index is 0.00208. The second-order valence-corrected chi connectivity index (χ2v) is 14.3. The van der Waals surface area contributed by atoms with E-state index in [1.165, 1.54) is 12.8 Å². The van der Waals surface area contributed by atoms with Crippen molar-refractivity contribution in [3.63, 3.8) is 0 Å². The number of hydrogen-bond acceptors (Lipinski definition) is 10. The van der Waals surface area contributed by atoms with Crippen LogP contribution in [0.3, 0.4) is 0 Å². The van der Waals surface area contributed by atoms with E-state index in [1.807, 2.05) is 6.08 Å². The predicted octanol–water partition coefficient (Wildman–Crippen LogP) is 8.99. The van der Waals surface area contributed by atoms with Crippen LogP contribution in [0.25, 0.3) is 0 Å². The van der Waals surface area contributed by atoms with E-state index in [0.29, 0.717) is 19.3 Å². The minimum atomic E-state index is -4.46. The average Bonchev–Trinajstić information content (AvgIpc) is 3.16. The van der Waals surface area contributed by atoms with Crippen molar-refractivity contribution in [3.8, 4) is 0 Å². The Kier molecular flexibility index (Phi) is 35.6. The van der Waals surface area contributed by atoms with Gasteiger partial charge in [0.1, 0.15) is 6.61 Å². The lowest BCUT2D eigenvalue weighted by Gasteiger charge is -2.20. The molecule has 0 aliphatic rings. The maximum Gasteiger partial charge on any atom is 0.472 e. The molecule has 0 radical (unpaired) electrons. The largest absolute Gasteiger partial charge is 0.472 e.